The second-order valence-corrected chi connectivity index (χ2v) is 11.4. The molecule has 0 aromatic heterocycles. The van der Waals surface area contributed by atoms with Gasteiger partial charge < -0.3 is 20.6 Å². The van der Waals surface area contributed by atoms with Gasteiger partial charge in [0.15, 0.2) is 0 Å². The van der Waals surface area contributed by atoms with Gasteiger partial charge >= 0.3 is 24.1 Å². The summed E-state index contributed by atoms with van der Waals surface area (Å²) in [4.78, 5) is 60.1. The van der Waals surface area contributed by atoms with Crippen LogP contribution in [-0.4, -0.2) is 51.0 Å². The molecule has 0 spiro atoms. The van der Waals surface area contributed by atoms with E-state index in [0.29, 0.717) is 25.7 Å². The first-order valence-electron chi connectivity index (χ1n) is 15.6. The number of hydrogen-bond acceptors (Lipinski definition) is 5. The lowest BCUT2D eigenvalue weighted by Crippen LogP contribution is -2.46. The van der Waals surface area contributed by atoms with Crippen LogP contribution >= 0.6 is 0 Å². The number of benzene rings is 1. The summed E-state index contributed by atoms with van der Waals surface area (Å²) >= 11 is 0. The van der Waals surface area contributed by atoms with E-state index in [9.17, 15) is 52.5 Å². The Balaban J connectivity index is 2.80. The number of carbonyl (C=O) groups is 5. The number of aliphatic carboxylic acids is 3. The quantitative estimate of drug-likeness (QED) is 0.0707. The van der Waals surface area contributed by atoms with Gasteiger partial charge in [0, 0.05) is 32.1 Å². The molecule has 2 atom stereocenters. The summed E-state index contributed by atoms with van der Waals surface area (Å²) in [7, 11) is 0. The zero-order chi connectivity index (χ0) is 33.8. The minimum absolute atomic E-state index is 0.212. The number of hydrogen-bond donors (Lipinski definition) is 4. The molecule has 0 saturated carbocycles. The molecule has 9 nitrogen and oxygen atoms in total. The molecule has 252 valence electrons. The summed E-state index contributed by atoms with van der Waals surface area (Å²) in [5.74, 6) is -7.21. The van der Waals surface area contributed by atoms with Gasteiger partial charge in [-0.25, -0.2) is 4.79 Å². The van der Waals surface area contributed by atoms with Gasteiger partial charge in [0.25, 0.3) is 0 Å². The Bertz CT molecular complexity index is 1100. The number of ketones is 1. The summed E-state index contributed by atoms with van der Waals surface area (Å²) in [6, 6.07) is 2.24. The fraction of sp³-hybridized carbons (Fsp3) is 0.606. The smallest absolute Gasteiger partial charge is 0.416 e. The number of carbonyl (C=O) groups excluding carboxylic acids is 2. The molecular formula is C33H46F3NO8. The van der Waals surface area contributed by atoms with Crippen LogP contribution in [0.3, 0.4) is 0 Å². The highest BCUT2D eigenvalue weighted by Gasteiger charge is 2.33. The molecule has 0 aliphatic heterocycles. The molecule has 0 fully saturated rings. The van der Waals surface area contributed by atoms with Crippen LogP contribution in [0.5, 0.6) is 0 Å². The van der Waals surface area contributed by atoms with Gasteiger partial charge in [0.05, 0.1) is 11.5 Å². The number of unbranched alkanes of at least 4 members (excludes halogenated alkanes) is 8. The van der Waals surface area contributed by atoms with Crippen molar-refractivity contribution in [3.05, 3.63) is 47.5 Å². The van der Waals surface area contributed by atoms with Crippen molar-refractivity contribution < 1.29 is 52.5 Å². The van der Waals surface area contributed by atoms with Crippen LogP contribution in [0.25, 0.3) is 0 Å². The van der Waals surface area contributed by atoms with E-state index in [4.69, 9.17) is 0 Å². The van der Waals surface area contributed by atoms with E-state index < -0.39 is 66.3 Å². The zero-order valence-electron chi connectivity index (χ0n) is 25.8. The van der Waals surface area contributed by atoms with E-state index in [1.165, 1.54) is 12.5 Å². The van der Waals surface area contributed by atoms with E-state index in [1.807, 2.05) is 0 Å². The van der Waals surface area contributed by atoms with Gasteiger partial charge in [-0.1, -0.05) is 69.7 Å². The summed E-state index contributed by atoms with van der Waals surface area (Å²) < 4.78 is 38.6. The standard InChI is InChI=1S/C33H46F3NO8/c1-2-3-4-7-10-13-26(38)14-11-8-5-6-9-12-15-27(24(21-29(39)40)22-30(41)42)31(43)37-28(32(44)45)20-23-16-18-25(19-17-23)33(34,35)36/h12,15-19,24,27-28H,2-11,13-14,20-22H2,1H3,(H,37,43)(H,39,40)(H,41,42)(H,44,45)/b15-12+/t27-,28?/m0/s1. The number of allylic oxidation sites excluding steroid dienone is 1. The Hall–Kier alpha value is -3.70. The molecule has 1 amide bonds. The van der Waals surface area contributed by atoms with Crippen LogP contribution in [0, 0.1) is 11.8 Å². The first-order valence-corrected chi connectivity index (χ1v) is 15.6. The first-order chi connectivity index (χ1) is 21.2. The predicted octanol–water partition coefficient (Wildman–Crippen LogP) is 6.83. The summed E-state index contributed by atoms with van der Waals surface area (Å²) in [5.41, 5.74) is -0.705. The van der Waals surface area contributed by atoms with Crippen molar-refractivity contribution in [3.63, 3.8) is 0 Å². The highest BCUT2D eigenvalue weighted by molar-refractivity contribution is 5.87. The number of amides is 1. The summed E-state index contributed by atoms with van der Waals surface area (Å²) in [6.45, 7) is 2.14. The molecule has 0 aliphatic rings. The number of carboxylic acids is 3. The number of halogens is 3. The Morgan fingerprint density at radius 1 is 0.800 bits per heavy atom. The maximum Gasteiger partial charge on any atom is 0.416 e. The van der Waals surface area contributed by atoms with E-state index in [2.05, 4.69) is 12.2 Å². The van der Waals surface area contributed by atoms with Crippen molar-refractivity contribution in [3.8, 4) is 0 Å². The summed E-state index contributed by atoms with van der Waals surface area (Å²) in [5, 5.41) is 30.7. The Kier molecular flexibility index (Phi) is 18.4. The fourth-order valence-corrected chi connectivity index (χ4v) is 5.00. The minimum Gasteiger partial charge on any atom is -0.481 e. The number of alkyl halides is 3. The lowest BCUT2D eigenvalue weighted by molar-refractivity contribution is -0.145. The molecule has 0 aliphatic carbocycles. The molecule has 0 radical (unpaired) electrons. The number of rotatable bonds is 24. The normalized spacial score (nSPS) is 13.1. The van der Waals surface area contributed by atoms with E-state index in [0.717, 1.165) is 69.2 Å². The maximum atomic E-state index is 13.2. The van der Waals surface area contributed by atoms with Gasteiger partial charge in [0.2, 0.25) is 5.91 Å². The van der Waals surface area contributed by atoms with Crippen LogP contribution in [-0.2, 0) is 36.6 Å². The number of carboxylic acid groups (broad SMARTS) is 3. The average Bonchev–Trinajstić information content (AvgIpc) is 2.94. The second kappa shape index (κ2) is 21.1. The molecule has 1 aromatic rings. The Morgan fingerprint density at radius 2 is 1.33 bits per heavy atom. The molecule has 0 bridgehead atoms. The molecule has 0 heterocycles. The van der Waals surface area contributed by atoms with Crippen molar-refractivity contribution in [2.75, 3.05) is 0 Å². The fourth-order valence-electron chi connectivity index (χ4n) is 5.00. The van der Waals surface area contributed by atoms with Crippen molar-refractivity contribution in [2.24, 2.45) is 11.8 Å². The van der Waals surface area contributed by atoms with E-state index in [-0.39, 0.29) is 17.8 Å². The van der Waals surface area contributed by atoms with Gasteiger partial charge in [-0.2, -0.15) is 13.2 Å². The van der Waals surface area contributed by atoms with Crippen molar-refractivity contribution >= 4 is 29.6 Å². The van der Waals surface area contributed by atoms with Crippen molar-refractivity contribution in [2.45, 2.75) is 115 Å². The van der Waals surface area contributed by atoms with E-state index >= 15 is 0 Å². The topological polar surface area (TPSA) is 158 Å². The third-order valence-corrected chi connectivity index (χ3v) is 7.50. The average molecular weight is 642 g/mol. The third-order valence-electron chi connectivity index (χ3n) is 7.50. The van der Waals surface area contributed by atoms with Gasteiger partial charge in [-0.3, -0.25) is 19.2 Å². The largest absolute Gasteiger partial charge is 0.481 e. The molecule has 1 aromatic carbocycles. The van der Waals surface area contributed by atoms with Crippen LogP contribution < -0.4 is 5.32 Å². The predicted molar refractivity (Wildman–Crippen MR) is 161 cm³/mol. The minimum atomic E-state index is -4.58. The lowest BCUT2D eigenvalue weighted by atomic mass is 9.85. The molecule has 0 saturated heterocycles. The van der Waals surface area contributed by atoms with Crippen molar-refractivity contribution in [1.29, 1.82) is 0 Å². The van der Waals surface area contributed by atoms with E-state index in [1.54, 1.807) is 6.08 Å². The Labute approximate surface area is 262 Å². The molecule has 12 heteroatoms. The maximum absolute atomic E-state index is 13.2. The van der Waals surface area contributed by atoms with Crippen LogP contribution in [0.2, 0.25) is 0 Å². The molecular weight excluding hydrogens is 595 g/mol. The lowest BCUT2D eigenvalue weighted by Gasteiger charge is -2.24. The second-order valence-electron chi connectivity index (χ2n) is 11.4. The Morgan fingerprint density at radius 3 is 1.82 bits per heavy atom. The van der Waals surface area contributed by atoms with Crippen LogP contribution in [0.1, 0.15) is 108 Å². The molecule has 45 heavy (non-hydrogen) atoms. The SMILES string of the molecule is CCCCCCCC(=O)CCCCCC/C=C/[C@H](C(=O)NC(Cc1ccc(C(F)(F)F)cc1)C(=O)O)C(CC(=O)O)CC(=O)O. The zero-order valence-corrected chi connectivity index (χ0v) is 25.8. The highest BCUT2D eigenvalue weighted by atomic mass is 19.4. The monoisotopic (exact) mass is 641 g/mol. The van der Waals surface area contributed by atoms with Gasteiger partial charge in [-0.15, -0.1) is 0 Å². The molecule has 1 unspecified atom stereocenters. The van der Waals surface area contributed by atoms with Crippen LogP contribution in [0.4, 0.5) is 13.2 Å². The summed E-state index contributed by atoms with van der Waals surface area (Å²) in [6.07, 6.45) is 7.05. The first kappa shape index (κ1) is 39.3. The molecule has 4 N–H and O–H groups in total. The van der Waals surface area contributed by atoms with Crippen LogP contribution in [0.15, 0.2) is 36.4 Å². The number of Topliss-reactive ketones (excluding diaryl/α,β-unsaturated/α-hetero) is 1. The van der Waals surface area contributed by atoms with Gasteiger partial charge in [0.1, 0.15) is 11.8 Å². The third kappa shape index (κ3) is 17.4. The number of nitrogens with one attached hydrogen (secondary N) is 1. The van der Waals surface area contributed by atoms with Gasteiger partial charge in [-0.05, 0) is 49.3 Å². The van der Waals surface area contributed by atoms with Crippen molar-refractivity contribution in [1.82, 2.24) is 5.32 Å². The highest BCUT2D eigenvalue weighted by Crippen LogP contribution is 2.29. The molecule has 1 rings (SSSR count).